The van der Waals surface area contributed by atoms with Crippen molar-refractivity contribution in [1.29, 1.82) is 0 Å². The zero-order valence-electron chi connectivity index (χ0n) is 10.5. The van der Waals surface area contributed by atoms with Crippen LogP contribution in [0, 0.1) is 15.5 Å². The Hall–Kier alpha value is -1.13. The molecule has 1 saturated heterocycles. The fourth-order valence-electron chi connectivity index (χ4n) is 3.46. The molecular weight excluding hydrogens is 252 g/mol. The maximum atomic E-state index is 10.8. The average molecular weight is 269 g/mol. The minimum absolute atomic E-state index is 0. The van der Waals surface area contributed by atoms with Crippen LogP contribution in [0.15, 0.2) is 18.2 Å². The molecule has 5 heteroatoms. The van der Waals surface area contributed by atoms with Gasteiger partial charge in [-0.05, 0) is 16.5 Å². The fourth-order valence-corrected chi connectivity index (χ4v) is 3.46. The number of nitrogens with zero attached hydrogens (tertiary/aromatic N) is 1. The fraction of sp³-hybridized carbons (Fsp3) is 0.538. The third-order valence-corrected chi connectivity index (χ3v) is 4.53. The van der Waals surface area contributed by atoms with Crippen molar-refractivity contribution in [3.63, 3.8) is 0 Å². The molecule has 0 aromatic heterocycles. The number of rotatable bonds is 1. The lowest BCUT2D eigenvalue weighted by molar-refractivity contribution is -0.384. The number of hydrogen-bond acceptors (Lipinski definition) is 3. The Labute approximate surface area is 112 Å². The number of benzene rings is 1. The van der Waals surface area contributed by atoms with Crippen molar-refractivity contribution < 1.29 is 4.92 Å². The van der Waals surface area contributed by atoms with Crippen LogP contribution in [0.4, 0.5) is 5.69 Å². The Morgan fingerprint density at radius 2 is 1.89 bits per heavy atom. The summed E-state index contributed by atoms with van der Waals surface area (Å²) in [5.41, 5.74) is 2.91. The number of halogens is 1. The van der Waals surface area contributed by atoms with Crippen LogP contribution in [-0.4, -0.2) is 18.0 Å². The van der Waals surface area contributed by atoms with Gasteiger partial charge < -0.3 is 5.32 Å². The summed E-state index contributed by atoms with van der Waals surface area (Å²) in [6, 6.07) is 5.36. The molecule has 1 heterocycles. The molecule has 0 spiro atoms. The normalized spacial score (nSPS) is 27.2. The first-order valence-corrected chi connectivity index (χ1v) is 6.01. The van der Waals surface area contributed by atoms with Crippen LogP contribution in [-0.2, 0) is 0 Å². The van der Waals surface area contributed by atoms with Crippen molar-refractivity contribution in [3.05, 3.63) is 39.4 Å². The van der Waals surface area contributed by atoms with E-state index in [9.17, 15) is 10.1 Å². The predicted molar refractivity (Wildman–Crippen MR) is 72.5 cm³/mol. The molecule has 2 unspecified atom stereocenters. The molecule has 2 atom stereocenters. The van der Waals surface area contributed by atoms with Gasteiger partial charge in [0, 0.05) is 37.1 Å². The Morgan fingerprint density at radius 3 is 2.50 bits per heavy atom. The molecule has 1 fully saturated rings. The van der Waals surface area contributed by atoms with E-state index in [-0.39, 0.29) is 28.4 Å². The van der Waals surface area contributed by atoms with Crippen LogP contribution >= 0.6 is 12.4 Å². The highest BCUT2D eigenvalue weighted by atomic mass is 35.5. The van der Waals surface area contributed by atoms with E-state index in [0.29, 0.717) is 11.8 Å². The second kappa shape index (κ2) is 4.21. The number of nitro benzene ring substituents is 1. The van der Waals surface area contributed by atoms with Gasteiger partial charge in [0.15, 0.2) is 0 Å². The molecule has 4 nitrogen and oxygen atoms in total. The molecule has 98 valence electrons. The average Bonchev–Trinajstić information content (AvgIpc) is 2.43. The van der Waals surface area contributed by atoms with Crippen molar-refractivity contribution in [1.82, 2.24) is 5.32 Å². The Bertz CT molecular complexity index is 502. The first kappa shape index (κ1) is 13.3. The molecule has 0 radical (unpaired) electrons. The number of piperidine rings is 1. The number of nitrogens with one attached hydrogen (secondary N) is 1. The molecule has 3 rings (SSSR count). The zero-order chi connectivity index (χ0) is 12.2. The maximum Gasteiger partial charge on any atom is 0.269 e. The summed E-state index contributed by atoms with van der Waals surface area (Å²) in [4.78, 5) is 10.5. The molecule has 1 aromatic carbocycles. The minimum Gasteiger partial charge on any atom is -0.315 e. The van der Waals surface area contributed by atoms with Gasteiger partial charge in [-0.25, -0.2) is 0 Å². The summed E-state index contributed by atoms with van der Waals surface area (Å²) >= 11 is 0. The monoisotopic (exact) mass is 268 g/mol. The summed E-state index contributed by atoms with van der Waals surface area (Å²) in [7, 11) is 0. The number of nitro groups is 1. The molecule has 0 amide bonds. The molecular formula is C13H17ClN2O2. The van der Waals surface area contributed by atoms with E-state index in [1.165, 1.54) is 11.1 Å². The maximum absolute atomic E-state index is 10.8. The SMILES string of the molecule is CC1(C)C2CNCC1c1cc([N+](=O)[O-])ccc12.Cl. The smallest absolute Gasteiger partial charge is 0.269 e. The van der Waals surface area contributed by atoms with Crippen LogP contribution in [0.25, 0.3) is 0 Å². The van der Waals surface area contributed by atoms with Gasteiger partial charge in [-0.15, -0.1) is 12.4 Å². The van der Waals surface area contributed by atoms with Gasteiger partial charge in [0.1, 0.15) is 0 Å². The molecule has 1 N–H and O–H groups in total. The Kier molecular flexibility index (Phi) is 3.11. The van der Waals surface area contributed by atoms with Gasteiger partial charge in [-0.2, -0.15) is 0 Å². The van der Waals surface area contributed by atoms with Gasteiger partial charge >= 0.3 is 0 Å². The molecule has 18 heavy (non-hydrogen) atoms. The third kappa shape index (κ3) is 1.63. The van der Waals surface area contributed by atoms with Crippen LogP contribution < -0.4 is 5.32 Å². The molecule has 2 bridgehead atoms. The summed E-state index contributed by atoms with van der Waals surface area (Å²) in [6.07, 6.45) is 0. The molecule has 2 aliphatic rings. The van der Waals surface area contributed by atoms with E-state index >= 15 is 0 Å². The van der Waals surface area contributed by atoms with E-state index in [1.54, 1.807) is 12.1 Å². The number of hydrogen-bond donors (Lipinski definition) is 1. The van der Waals surface area contributed by atoms with Gasteiger partial charge in [0.25, 0.3) is 5.69 Å². The van der Waals surface area contributed by atoms with Crippen molar-refractivity contribution in [3.8, 4) is 0 Å². The van der Waals surface area contributed by atoms with Crippen molar-refractivity contribution in [2.75, 3.05) is 13.1 Å². The van der Waals surface area contributed by atoms with E-state index in [2.05, 4.69) is 19.2 Å². The first-order valence-electron chi connectivity index (χ1n) is 6.01. The van der Waals surface area contributed by atoms with Crippen LogP contribution in [0.1, 0.15) is 36.8 Å². The molecule has 1 aliphatic carbocycles. The third-order valence-electron chi connectivity index (χ3n) is 4.53. The Morgan fingerprint density at radius 1 is 1.28 bits per heavy atom. The van der Waals surface area contributed by atoms with Gasteiger partial charge in [0.2, 0.25) is 0 Å². The lowest BCUT2D eigenvalue weighted by atomic mass is 9.71. The lowest BCUT2D eigenvalue weighted by Gasteiger charge is -2.38. The van der Waals surface area contributed by atoms with E-state index < -0.39 is 0 Å². The first-order chi connectivity index (χ1) is 8.01. The zero-order valence-corrected chi connectivity index (χ0v) is 11.3. The van der Waals surface area contributed by atoms with Crippen LogP contribution in [0.2, 0.25) is 0 Å². The van der Waals surface area contributed by atoms with E-state index in [0.717, 1.165) is 13.1 Å². The summed E-state index contributed by atoms with van der Waals surface area (Å²) in [5.74, 6) is 0.883. The van der Waals surface area contributed by atoms with Crippen LogP contribution in [0.3, 0.4) is 0 Å². The summed E-state index contributed by atoms with van der Waals surface area (Å²) < 4.78 is 0. The minimum atomic E-state index is -0.303. The summed E-state index contributed by atoms with van der Waals surface area (Å²) in [6.45, 7) is 6.45. The second-order valence-corrected chi connectivity index (χ2v) is 5.66. The van der Waals surface area contributed by atoms with Crippen molar-refractivity contribution in [2.24, 2.45) is 5.41 Å². The lowest BCUT2D eigenvalue weighted by Crippen LogP contribution is -2.41. The highest BCUT2D eigenvalue weighted by Gasteiger charge is 2.49. The summed E-state index contributed by atoms with van der Waals surface area (Å²) in [5, 5.41) is 14.3. The quantitative estimate of drug-likeness (QED) is 0.629. The highest BCUT2D eigenvalue weighted by molar-refractivity contribution is 5.85. The number of non-ortho nitro benzene ring substituents is 1. The molecule has 1 aromatic rings. The largest absolute Gasteiger partial charge is 0.315 e. The van der Waals surface area contributed by atoms with Gasteiger partial charge in [-0.1, -0.05) is 19.9 Å². The van der Waals surface area contributed by atoms with Crippen LogP contribution in [0.5, 0.6) is 0 Å². The molecule has 0 saturated carbocycles. The van der Waals surface area contributed by atoms with E-state index in [1.807, 2.05) is 6.07 Å². The van der Waals surface area contributed by atoms with Crippen molar-refractivity contribution >= 4 is 18.1 Å². The van der Waals surface area contributed by atoms with Gasteiger partial charge in [0.05, 0.1) is 4.92 Å². The van der Waals surface area contributed by atoms with Gasteiger partial charge in [-0.3, -0.25) is 10.1 Å². The predicted octanol–water partition coefficient (Wildman–Crippen LogP) is 2.83. The molecule has 1 aliphatic heterocycles. The van der Waals surface area contributed by atoms with Crippen molar-refractivity contribution in [2.45, 2.75) is 25.7 Å². The second-order valence-electron chi connectivity index (χ2n) is 5.66. The van der Waals surface area contributed by atoms with E-state index in [4.69, 9.17) is 0 Å². The highest BCUT2D eigenvalue weighted by Crippen LogP contribution is 2.56. The Balaban J connectivity index is 0.00000120. The number of fused-ring (bicyclic) bond motifs is 5. The standard InChI is InChI=1S/C13H16N2O2.ClH/c1-13(2)11-6-14-7-12(13)10-5-8(15(16)17)3-4-9(10)11;/h3-5,11-12,14H,6-7H2,1-2H3;1H. The topological polar surface area (TPSA) is 55.2 Å².